The van der Waals surface area contributed by atoms with Gasteiger partial charge in [-0.05, 0) is 51.3 Å². The molecule has 2 unspecified atom stereocenters. The molecule has 2 atom stereocenters. The molecule has 5 nitrogen and oxygen atoms in total. The van der Waals surface area contributed by atoms with Crippen molar-refractivity contribution < 1.29 is 4.52 Å². The molecule has 2 heterocycles. The highest BCUT2D eigenvalue weighted by Crippen LogP contribution is 2.37. The minimum atomic E-state index is 0.314. The highest BCUT2D eigenvalue weighted by molar-refractivity contribution is 5.55. The first-order chi connectivity index (χ1) is 10.2. The fraction of sp³-hybridized carbons (Fsp3) is 0.562. The molecule has 1 saturated carbocycles. The van der Waals surface area contributed by atoms with Gasteiger partial charge in [-0.2, -0.15) is 4.98 Å². The summed E-state index contributed by atoms with van der Waals surface area (Å²) in [7, 11) is 0. The van der Waals surface area contributed by atoms with Crippen LogP contribution in [0.3, 0.4) is 0 Å². The van der Waals surface area contributed by atoms with Crippen molar-refractivity contribution in [1.29, 1.82) is 0 Å². The molecule has 112 valence electrons. The number of rotatable bonds is 3. The third kappa shape index (κ3) is 2.97. The molecule has 2 aromatic heterocycles. The van der Waals surface area contributed by atoms with E-state index in [4.69, 9.17) is 10.3 Å². The SMILES string of the molecule is Cc1cc(-c2noc(C3CCCCC3CN)n2)cc(C)n1. The molecule has 1 aliphatic rings. The Hall–Kier alpha value is -1.75. The predicted octanol–water partition coefficient (Wildman–Crippen LogP) is 2.98. The Kier molecular flexibility index (Phi) is 4.01. The minimum Gasteiger partial charge on any atom is -0.339 e. The van der Waals surface area contributed by atoms with Crippen LogP contribution in [-0.2, 0) is 0 Å². The lowest BCUT2D eigenvalue weighted by Crippen LogP contribution is -2.25. The van der Waals surface area contributed by atoms with Gasteiger partial charge in [0, 0.05) is 22.9 Å². The van der Waals surface area contributed by atoms with Crippen LogP contribution in [0, 0.1) is 19.8 Å². The second kappa shape index (κ2) is 5.93. The third-order valence-corrected chi connectivity index (χ3v) is 4.31. The van der Waals surface area contributed by atoms with E-state index in [1.54, 1.807) is 0 Å². The van der Waals surface area contributed by atoms with Gasteiger partial charge in [0.15, 0.2) is 0 Å². The summed E-state index contributed by atoms with van der Waals surface area (Å²) in [5, 5.41) is 4.16. The average molecular weight is 286 g/mol. The Balaban J connectivity index is 1.88. The van der Waals surface area contributed by atoms with Gasteiger partial charge in [-0.3, -0.25) is 4.98 Å². The van der Waals surface area contributed by atoms with Crippen LogP contribution in [0.2, 0.25) is 0 Å². The maximum absolute atomic E-state index is 5.89. The van der Waals surface area contributed by atoms with Gasteiger partial charge in [-0.15, -0.1) is 0 Å². The molecule has 21 heavy (non-hydrogen) atoms. The second-order valence-corrected chi connectivity index (χ2v) is 5.98. The second-order valence-electron chi connectivity index (χ2n) is 5.98. The lowest BCUT2D eigenvalue weighted by atomic mass is 9.79. The fourth-order valence-corrected chi connectivity index (χ4v) is 3.28. The lowest BCUT2D eigenvalue weighted by molar-refractivity contribution is 0.249. The van der Waals surface area contributed by atoms with Crippen molar-refractivity contribution in [2.75, 3.05) is 6.54 Å². The molecular weight excluding hydrogens is 264 g/mol. The average Bonchev–Trinajstić information content (AvgIpc) is 2.96. The molecule has 0 amide bonds. The minimum absolute atomic E-state index is 0.314. The van der Waals surface area contributed by atoms with Gasteiger partial charge in [0.2, 0.25) is 11.7 Å². The molecule has 0 bridgehead atoms. The summed E-state index contributed by atoms with van der Waals surface area (Å²) in [5.41, 5.74) is 8.79. The Labute approximate surface area is 125 Å². The van der Waals surface area contributed by atoms with E-state index in [-0.39, 0.29) is 0 Å². The number of hydrogen-bond acceptors (Lipinski definition) is 5. The summed E-state index contributed by atoms with van der Waals surface area (Å²) in [6.07, 6.45) is 4.72. The molecular formula is C16H22N4O. The standard InChI is InChI=1S/C16H22N4O/c1-10-7-13(8-11(2)18-10)15-19-16(21-20-15)14-6-4-3-5-12(14)9-17/h7-8,12,14H,3-6,9,17H2,1-2H3. The van der Waals surface area contributed by atoms with Crippen molar-refractivity contribution in [3.05, 3.63) is 29.4 Å². The van der Waals surface area contributed by atoms with E-state index in [0.717, 1.165) is 35.7 Å². The van der Waals surface area contributed by atoms with Crippen LogP contribution in [0.5, 0.6) is 0 Å². The van der Waals surface area contributed by atoms with E-state index in [1.807, 2.05) is 26.0 Å². The van der Waals surface area contributed by atoms with Crippen LogP contribution in [0.1, 0.15) is 48.9 Å². The lowest BCUT2D eigenvalue weighted by Gasteiger charge is -2.27. The molecule has 2 N–H and O–H groups in total. The van der Waals surface area contributed by atoms with E-state index in [1.165, 1.54) is 12.8 Å². The van der Waals surface area contributed by atoms with Crippen LogP contribution in [-0.4, -0.2) is 21.7 Å². The number of nitrogens with zero attached hydrogens (tertiary/aromatic N) is 3. The van der Waals surface area contributed by atoms with Crippen molar-refractivity contribution in [1.82, 2.24) is 15.1 Å². The Bertz CT molecular complexity index is 602. The number of aromatic nitrogens is 3. The smallest absolute Gasteiger partial charge is 0.230 e. The van der Waals surface area contributed by atoms with Crippen molar-refractivity contribution in [2.24, 2.45) is 11.7 Å². The Morgan fingerprint density at radius 1 is 1.14 bits per heavy atom. The molecule has 3 rings (SSSR count). The van der Waals surface area contributed by atoms with E-state index < -0.39 is 0 Å². The summed E-state index contributed by atoms with van der Waals surface area (Å²) in [6, 6.07) is 3.98. The predicted molar refractivity (Wildman–Crippen MR) is 80.8 cm³/mol. The van der Waals surface area contributed by atoms with Crippen LogP contribution in [0.4, 0.5) is 0 Å². The van der Waals surface area contributed by atoms with Crippen molar-refractivity contribution >= 4 is 0 Å². The van der Waals surface area contributed by atoms with Crippen LogP contribution in [0.15, 0.2) is 16.7 Å². The van der Waals surface area contributed by atoms with Crippen LogP contribution >= 0.6 is 0 Å². The highest BCUT2D eigenvalue weighted by Gasteiger charge is 2.30. The van der Waals surface area contributed by atoms with E-state index in [9.17, 15) is 0 Å². The van der Waals surface area contributed by atoms with Crippen LogP contribution in [0.25, 0.3) is 11.4 Å². The highest BCUT2D eigenvalue weighted by atomic mass is 16.5. The summed E-state index contributed by atoms with van der Waals surface area (Å²) >= 11 is 0. The van der Waals surface area contributed by atoms with E-state index in [0.29, 0.717) is 24.2 Å². The molecule has 2 aromatic rings. The van der Waals surface area contributed by atoms with Crippen molar-refractivity contribution in [3.8, 4) is 11.4 Å². The first kappa shape index (κ1) is 14.2. The van der Waals surface area contributed by atoms with Gasteiger partial charge in [-0.25, -0.2) is 0 Å². The zero-order valence-electron chi connectivity index (χ0n) is 12.7. The maximum atomic E-state index is 5.89. The molecule has 0 aromatic carbocycles. The van der Waals surface area contributed by atoms with Gasteiger partial charge in [0.25, 0.3) is 0 Å². The largest absolute Gasteiger partial charge is 0.339 e. The van der Waals surface area contributed by atoms with Gasteiger partial charge >= 0.3 is 0 Å². The quantitative estimate of drug-likeness (QED) is 0.938. The molecule has 0 radical (unpaired) electrons. The summed E-state index contributed by atoms with van der Waals surface area (Å²) < 4.78 is 5.53. The molecule has 0 spiro atoms. The summed E-state index contributed by atoms with van der Waals surface area (Å²) in [5.74, 6) is 2.18. The molecule has 1 aliphatic carbocycles. The Morgan fingerprint density at radius 3 is 2.57 bits per heavy atom. The normalized spacial score (nSPS) is 22.4. The van der Waals surface area contributed by atoms with E-state index in [2.05, 4.69) is 15.1 Å². The summed E-state index contributed by atoms with van der Waals surface area (Å²) in [4.78, 5) is 9.00. The van der Waals surface area contributed by atoms with Crippen molar-refractivity contribution in [3.63, 3.8) is 0 Å². The van der Waals surface area contributed by atoms with Crippen LogP contribution < -0.4 is 5.73 Å². The zero-order chi connectivity index (χ0) is 14.8. The first-order valence-corrected chi connectivity index (χ1v) is 7.66. The topological polar surface area (TPSA) is 77.8 Å². The van der Waals surface area contributed by atoms with Crippen molar-refractivity contribution in [2.45, 2.75) is 45.4 Å². The number of nitrogens with two attached hydrogens (primary N) is 1. The molecule has 0 aliphatic heterocycles. The van der Waals surface area contributed by atoms with E-state index >= 15 is 0 Å². The zero-order valence-corrected chi connectivity index (χ0v) is 12.7. The van der Waals surface area contributed by atoms with Gasteiger partial charge in [0.05, 0.1) is 0 Å². The summed E-state index contributed by atoms with van der Waals surface area (Å²) in [6.45, 7) is 4.64. The Morgan fingerprint density at radius 2 is 1.86 bits per heavy atom. The molecule has 5 heteroatoms. The number of hydrogen-bond donors (Lipinski definition) is 1. The third-order valence-electron chi connectivity index (χ3n) is 4.31. The fourth-order valence-electron chi connectivity index (χ4n) is 3.28. The first-order valence-electron chi connectivity index (χ1n) is 7.66. The number of aryl methyl sites for hydroxylation is 2. The van der Waals surface area contributed by atoms with Gasteiger partial charge in [0.1, 0.15) is 0 Å². The number of pyridine rings is 1. The molecule has 1 fully saturated rings. The molecule has 0 saturated heterocycles. The van der Waals surface area contributed by atoms with Gasteiger partial charge < -0.3 is 10.3 Å². The maximum Gasteiger partial charge on any atom is 0.230 e. The monoisotopic (exact) mass is 286 g/mol. The van der Waals surface area contributed by atoms with Gasteiger partial charge in [-0.1, -0.05) is 18.0 Å².